The summed E-state index contributed by atoms with van der Waals surface area (Å²) in [5.74, 6) is -0.206. The highest BCUT2D eigenvalue weighted by Gasteiger charge is 2.23. The number of aliphatic hydroxyl groups is 1. The molecule has 1 aliphatic carbocycles. The Hall–Kier alpha value is -1.03. The van der Waals surface area contributed by atoms with Gasteiger partial charge in [-0.05, 0) is 36.6 Å². The predicted molar refractivity (Wildman–Crippen MR) is 81.9 cm³/mol. The minimum atomic E-state index is -0.439. The quantitative estimate of drug-likeness (QED) is 0.840. The van der Waals surface area contributed by atoms with E-state index in [2.05, 4.69) is 5.32 Å². The summed E-state index contributed by atoms with van der Waals surface area (Å²) in [5.41, 5.74) is 0.804. The number of benzene rings is 1. The first-order valence-electron chi connectivity index (χ1n) is 6.68. The maximum atomic E-state index is 11.8. The Morgan fingerprint density at radius 1 is 1.25 bits per heavy atom. The van der Waals surface area contributed by atoms with Crippen LogP contribution in [0.2, 0.25) is 10.0 Å². The van der Waals surface area contributed by atoms with E-state index in [-0.39, 0.29) is 11.9 Å². The van der Waals surface area contributed by atoms with Crippen molar-refractivity contribution in [3.63, 3.8) is 0 Å². The number of carbonyl (C=O) groups is 1. The fourth-order valence-corrected chi connectivity index (χ4v) is 2.60. The second-order valence-corrected chi connectivity index (χ2v) is 5.79. The van der Waals surface area contributed by atoms with Crippen LogP contribution in [-0.4, -0.2) is 23.2 Å². The third-order valence-corrected chi connectivity index (χ3v) is 4.17. The topological polar surface area (TPSA) is 49.3 Å². The molecule has 2 N–H and O–H groups in total. The molecule has 2 atom stereocenters. The Bertz CT molecular complexity index is 517. The summed E-state index contributed by atoms with van der Waals surface area (Å²) >= 11 is 11.7. The van der Waals surface area contributed by atoms with Crippen molar-refractivity contribution in [2.75, 3.05) is 0 Å². The minimum absolute atomic E-state index is 0.144. The van der Waals surface area contributed by atoms with Gasteiger partial charge in [0.2, 0.25) is 5.91 Å². The molecule has 2 rings (SSSR count). The fraction of sp³-hybridized carbons (Fsp3) is 0.400. The van der Waals surface area contributed by atoms with Crippen LogP contribution in [0, 0.1) is 0 Å². The van der Waals surface area contributed by atoms with Gasteiger partial charge in [0.15, 0.2) is 0 Å². The van der Waals surface area contributed by atoms with E-state index >= 15 is 0 Å². The lowest BCUT2D eigenvalue weighted by Crippen LogP contribution is -2.44. The second-order valence-electron chi connectivity index (χ2n) is 4.97. The fourth-order valence-electron chi connectivity index (χ4n) is 2.30. The summed E-state index contributed by atoms with van der Waals surface area (Å²) in [6, 6.07) is 5.03. The number of carbonyl (C=O) groups excluding carboxylic acids is 1. The van der Waals surface area contributed by atoms with Gasteiger partial charge in [-0.15, -0.1) is 0 Å². The van der Waals surface area contributed by atoms with Crippen molar-refractivity contribution in [3.8, 4) is 0 Å². The average molecular weight is 314 g/mol. The molecule has 1 aliphatic rings. The molecule has 0 aromatic heterocycles. The predicted octanol–water partition coefficient (Wildman–Crippen LogP) is 3.43. The van der Waals surface area contributed by atoms with E-state index in [1.165, 1.54) is 6.08 Å². The van der Waals surface area contributed by atoms with E-state index in [1.54, 1.807) is 24.3 Å². The van der Waals surface area contributed by atoms with Crippen LogP contribution in [0.5, 0.6) is 0 Å². The number of aliphatic hydroxyl groups excluding tert-OH is 1. The van der Waals surface area contributed by atoms with Gasteiger partial charge < -0.3 is 10.4 Å². The van der Waals surface area contributed by atoms with Gasteiger partial charge in [-0.3, -0.25) is 4.79 Å². The van der Waals surface area contributed by atoms with Gasteiger partial charge >= 0.3 is 0 Å². The molecule has 0 heterocycles. The summed E-state index contributed by atoms with van der Waals surface area (Å²) in [4.78, 5) is 11.8. The molecule has 1 fully saturated rings. The van der Waals surface area contributed by atoms with E-state index in [0.29, 0.717) is 10.0 Å². The molecule has 5 heteroatoms. The largest absolute Gasteiger partial charge is 0.391 e. The molecule has 108 valence electrons. The molecule has 3 nitrogen and oxygen atoms in total. The van der Waals surface area contributed by atoms with Crippen LogP contribution in [0.4, 0.5) is 0 Å². The van der Waals surface area contributed by atoms with Crippen molar-refractivity contribution < 1.29 is 9.90 Å². The van der Waals surface area contributed by atoms with Gasteiger partial charge in [0.05, 0.1) is 22.2 Å². The second kappa shape index (κ2) is 7.11. The summed E-state index contributed by atoms with van der Waals surface area (Å²) < 4.78 is 0. The van der Waals surface area contributed by atoms with Crippen LogP contribution in [-0.2, 0) is 4.79 Å². The number of rotatable bonds is 3. The van der Waals surface area contributed by atoms with Crippen LogP contribution in [0.3, 0.4) is 0 Å². The molecule has 0 bridgehead atoms. The molecule has 1 saturated carbocycles. The van der Waals surface area contributed by atoms with Crippen LogP contribution >= 0.6 is 23.2 Å². The average Bonchev–Trinajstić information content (AvgIpc) is 2.43. The van der Waals surface area contributed by atoms with Gasteiger partial charge in [0.1, 0.15) is 0 Å². The Morgan fingerprint density at radius 3 is 2.70 bits per heavy atom. The minimum Gasteiger partial charge on any atom is -0.391 e. The molecular formula is C15H17Cl2NO2. The lowest BCUT2D eigenvalue weighted by Gasteiger charge is -2.27. The number of amides is 1. The summed E-state index contributed by atoms with van der Waals surface area (Å²) in [6.07, 6.45) is 6.32. The van der Waals surface area contributed by atoms with Crippen LogP contribution in [0.25, 0.3) is 6.08 Å². The van der Waals surface area contributed by atoms with E-state index in [1.807, 2.05) is 0 Å². The van der Waals surface area contributed by atoms with Gasteiger partial charge in [-0.25, -0.2) is 0 Å². The number of nitrogens with one attached hydrogen (secondary N) is 1. The lowest BCUT2D eigenvalue weighted by molar-refractivity contribution is -0.118. The van der Waals surface area contributed by atoms with Crippen molar-refractivity contribution in [1.29, 1.82) is 0 Å². The summed E-state index contributed by atoms with van der Waals surface area (Å²) in [5, 5.41) is 13.6. The Labute approximate surface area is 128 Å². The zero-order valence-corrected chi connectivity index (χ0v) is 12.5. The summed E-state index contributed by atoms with van der Waals surface area (Å²) in [6.45, 7) is 0. The monoisotopic (exact) mass is 313 g/mol. The van der Waals surface area contributed by atoms with Crippen LogP contribution < -0.4 is 5.32 Å². The van der Waals surface area contributed by atoms with E-state index in [4.69, 9.17) is 23.2 Å². The highest BCUT2D eigenvalue weighted by atomic mass is 35.5. The first kappa shape index (κ1) is 15.4. The maximum Gasteiger partial charge on any atom is 0.244 e. The van der Waals surface area contributed by atoms with Crippen molar-refractivity contribution in [2.24, 2.45) is 0 Å². The smallest absolute Gasteiger partial charge is 0.244 e. The van der Waals surface area contributed by atoms with E-state index < -0.39 is 6.10 Å². The van der Waals surface area contributed by atoms with Gasteiger partial charge in [0.25, 0.3) is 0 Å². The number of hydrogen-bond acceptors (Lipinski definition) is 2. The van der Waals surface area contributed by atoms with Crippen LogP contribution in [0.15, 0.2) is 24.3 Å². The highest BCUT2D eigenvalue weighted by molar-refractivity contribution is 6.42. The van der Waals surface area contributed by atoms with E-state index in [0.717, 1.165) is 31.2 Å². The molecule has 0 spiro atoms. The number of hydrogen-bond donors (Lipinski definition) is 2. The van der Waals surface area contributed by atoms with Crippen molar-refractivity contribution in [2.45, 2.75) is 37.8 Å². The third-order valence-electron chi connectivity index (χ3n) is 3.43. The summed E-state index contributed by atoms with van der Waals surface area (Å²) in [7, 11) is 0. The number of halogens is 2. The Balaban J connectivity index is 1.93. The Kier molecular flexibility index (Phi) is 5.46. The molecule has 0 aliphatic heterocycles. The third kappa shape index (κ3) is 4.23. The standard InChI is InChI=1S/C15H17Cl2NO2/c16-11-7-5-10(9-12(11)17)6-8-15(20)18-13-3-1-2-4-14(13)19/h5-9,13-14,19H,1-4H2,(H,18,20). The molecule has 1 aromatic carbocycles. The first-order chi connectivity index (χ1) is 9.56. The van der Waals surface area contributed by atoms with Gasteiger partial charge in [0, 0.05) is 6.08 Å². The SMILES string of the molecule is O=C(C=Cc1ccc(Cl)c(Cl)c1)NC1CCCCC1O. The maximum absolute atomic E-state index is 11.8. The molecule has 1 aromatic rings. The molecule has 1 amide bonds. The Morgan fingerprint density at radius 2 is 2.00 bits per heavy atom. The van der Waals surface area contributed by atoms with Gasteiger partial charge in [-0.2, -0.15) is 0 Å². The van der Waals surface area contributed by atoms with Crippen molar-refractivity contribution >= 4 is 35.2 Å². The zero-order chi connectivity index (χ0) is 14.5. The van der Waals surface area contributed by atoms with Crippen molar-refractivity contribution in [3.05, 3.63) is 39.9 Å². The van der Waals surface area contributed by atoms with Crippen LogP contribution in [0.1, 0.15) is 31.2 Å². The van der Waals surface area contributed by atoms with E-state index in [9.17, 15) is 9.90 Å². The molecular weight excluding hydrogens is 297 g/mol. The molecule has 0 saturated heterocycles. The van der Waals surface area contributed by atoms with Crippen molar-refractivity contribution in [1.82, 2.24) is 5.32 Å². The van der Waals surface area contributed by atoms with Gasteiger partial charge in [-0.1, -0.05) is 42.1 Å². The zero-order valence-electron chi connectivity index (χ0n) is 11.0. The molecule has 0 radical (unpaired) electrons. The normalized spacial score (nSPS) is 22.9. The highest BCUT2D eigenvalue weighted by Crippen LogP contribution is 2.23. The lowest BCUT2D eigenvalue weighted by atomic mass is 9.92. The first-order valence-corrected chi connectivity index (χ1v) is 7.43. The molecule has 2 unspecified atom stereocenters. The molecule has 20 heavy (non-hydrogen) atoms.